The Hall–Kier alpha value is -1.55. The topological polar surface area (TPSA) is 61.6 Å². The number of carbonyl (C=O) groups is 1. The number of Topliss-reactive ketones (excluding diaryl/α,β-unsaturated/α-hetero) is 1. The summed E-state index contributed by atoms with van der Waals surface area (Å²) in [6.45, 7) is 0.223. The van der Waals surface area contributed by atoms with Crippen molar-refractivity contribution < 1.29 is 14.3 Å². The van der Waals surface area contributed by atoms with Crippen LogP contribution in [0, 0.1) is 0 Å². The summed E-state index contributed by atoms with van der Waals surface area (Å²) >= 11 is 0. The van der Waals surface area contributed by atoms with Crippen molar-refractivity contribution in [3.8, 4) is 11.5 Å². The first-order chi connectivity index (χ1) is 7.19. The summed E-state index contributed by atoms with van der Waals surface area (Å²) in [6, 6.07) is 5.20. The molecule has 1 aliphatic carbocycles. The van der Waals surface area contributed by atoms with Gasteiger partial charge in [0.1, 0.15) is 0 Å². The maximum Gasteiger partial charge on any atom is 0.231 e. The maximum atomic E-state index is 11.9. The highest BCUT2D eigenvalue weighted by atomic mass is 16.7. The quantitative estimate of drug-likeness (QED) is 0.734. The van der Waals surface area contributed by atoms with Crippen molar-refractivity contribution in [3.63, 3.8) is 0 Å². The Labute approximate surface area is 87.0 Å². The molecular formula is C11H11NO3. The Morgan fingerprint density at radius 1 is 1.27 bits per heavy atom. The van der Waals surface area contributed by atoms with E-state index < -0.39 is 5.54 Å². The van der Waals surface area contributed by atoms with E-state index in [0.29, 0.717) is 17.1 Å². The zero-order valence-corrected chi connectivity index (χ0v) is 8.16. The Morgan fingerprint density at radius 2 is 2.00 bits per heavy atom. The molecule has 0 radical (unpaired) electrons. The fraction of sp³-hybridized carbons (Fsp3) is 0.364. The van der Waals surface area contributed by atoms with Gasteiger partial charge in [0.25, 0.3) is 0 Å². The molecule has 0 atom stereocenters. The first-order valence-corrected chi connectivity index (χ1v) is 4.92. The van der Waals surface area contributed by atoms with Crippen molar-refractivity contribution in [1.82, 2.24) is 0 Å². The number of fused-ring (bicyclic) bond motifs is 1. The molecule has 15 heavy (non-hydrogen) atoms. The third-order valence-electron chi connectivity index (χ3n) is 2.88. The zero-order chi connectivity index (χ0) is 10.5. The molecule has 1 aliphatic heterocycles. The number of nitrogens with two attached hydrogens (primary N) is 1. The normalized spacial score (nSPS) is 20.1. The van der Waals surface area contributed by atoms with Gasteiger partial charge in [-0.1, -0.05) is 0 Å². The molecule has 1 saturated carbocycles. The van der Waals surface area contributed by atoms with Gasteiger partial charge < -0.3 is 15.2 Å². The minimum atomic E-state index is -0.617. The number of carbonyl (C=O) groups excluding carboxylic acids is 1. The highest BCUT2D eigenvalue weighted by Gasteiger charge is 2.46. The van der Waals surface area contributed by atoms with Gasteiger partial charge in [0.15, 0.2) is 17.3 Å². The lowest BCUT2D eigenvalue weighted by Gasteiger charge is -2.07. The van der Waals surface area contributed by atoms with Gasteiger partial charge in [-0.3, -0.25) is 4.79 Å². The highest BCUT2D eigenvalue weighted by molar-refractivity contribution is 6.05. The van der Waals surface area contributed by atoms with Crippen molar-refractivity contribution in [2.45, 2.75) is 18.4 Å². The molecule has 0 bridgehead atoms. The summed E-state index contributed by atoms with van der Waals surface area (Å²) in [5.41, 5.74) is 5.84. The first-order valence-electron chi connectivity index (χ1n) is 4.92. The Kier molecular flexibility index (Phi) is 1.59. The van der Waals surface area contributed by atoms with Crippen LogP contribution in [0.15, 0.2) is 18.2 Å². The fourth-order valence-electron chi connectivity index (χ4n) is 1.69. The van der Waals surface area contributed by atoms with Gasteiger partial charge in [-0.15, -0.1) is 0 Å². The van der Waals surface area contributed by atoms with Gasteiger partial charge in [-0.05, 0) is 31.0 Å². The molecule has 0 spiro atoms. The van der Waals surface area contributed by atoms with Crippen molar-refractivity contribution in [2.75, 3.05) is 6.79 Å². The number of ether oxygens (including phenoxy) is 2. The summed E-state index contributed by atoms with van der Waals surface area (Å²) in [7, 11) is 0. The van der Waals surface area contributed by atoms with Crippen molar-refractivity contribution >= 4 is 5.78 Å². The molecule has 1 aromatic carbocycles. The van der Waals surface area contributed by atoms with Crippen LogP contribution in [0.25, 0.3) is 0 Å². The third-order valence-corrected chi connectivity index (χ3v) is 2.88. The standard InChI is InChI=1S/C11H11NO3/c12-11(3-4-11)10(13)7-1-2-8-9(5-7)15-6-14-8/h1-2,5H,3-4,6,12H2. The molecule has 1 fully saturated rings. The number of rotatable bonds is 2. The lowest BCUT2D eigenvalue weighted by atomic mass is 10.0. The molecule has 4 heteroatoms. The number of benzene rings is 1. The molecule has 3 rings (SSSR count). The van der Waals surface area contributed by atoms with E-state index in [9.17, 15) is 4.79 Å². The van der Waals surface area contributed by atoms with E-state index in [1.54, 1.807) is 18.2 Å². The first kappa shape index (κ1) is 8.73. The zero-order valence-electron chi connectivity index (χ0n) is 8.16. The van der Waals surface area contributed by atoms with E-state index in [4.69, 9.17) is 15.2 Å². The van der Waals surface area contributed by atoms with E-state index in [1.807, 2.05) is 0 Å². The van der Waals surface area contributed by atoms with Crippen LogP contribution in [-0.4, -0.2) is 18.1 Å². The van der Waals surface area contributed by atoms with Crippen LogP contribution < -0.4 is 15.2 Å². The lowest BCUT2D eigenvalue weighted by molar-refractivity contribution is 0.0949. The van der Waals surface area contributed by atoms with Crippen LogP contribution in [0.5, 0.6) is 11.5 Å². The monoisotopic (exact) mass is 205 g/mol. The molecule has 0 unspecified atom stereocenters. The number of hydrogen-bond donors (Lipinski definition) is 1. The summed E-state index contributed by atoms with van der Waals surface area (Å²) in [5, 5.41) is 0. The van der Waals surface area contributed by atoms with Crippen LogP contribution in [-0.2, 0) is 0 Å². The lowest BCUT2D eigenvalue weighted by Crippen LogP contribution is -2.32. The van der Waals surface area contributed by atoms with Crippen LogP contribution in [0.2, 0.25) is 0 Å². The van der Waals surface area contributed by atoms with E-state index in [1.165, 1.54) is 0 Å². The summed E-state index contributed by atoms with van der Waals surface area (Å²) in [5.74, 6) is 1.32. The van der Waals surface area contributed by atoms with Gasteiger partial charge >= 0.3 is 0 Å². The average Bonchev–Trinajstić information content (AvgIpc) is 2.82. The smallest absolute Gasteiger partial charge is 0.231 e. The summed E-state index contributed by atoms with van der Waals surface area (Å²) < 4.78 is 10.4. The average molecular weight is 205 g/mol. The highest BCUT2D eigenvalue weighted by Crippen LogP contribution is 2.38. The number of hydrogen-bond acceptors (Lipinski definition) is 4. The Morgan fingerprint density at radius 3 is 2.73 bits per heavy atom. The van der Waals surface area contributed by atoms with E-state index in [-0.39, 0.29) is 12.6 Å². The largest absolute Gasteiger partial charge is 0.454 e. The SMILES string of the molecule is NC1(C(=O)c2ccc3c(c2)OCO3)CC1. The van der Waals surface area contributed by atoms with Gasteiger partial charge in [0.2, 0.25) is 6.79 Å². The van der Waals surface area contributed by atoms with E-state index in [0.717, 1.165) is 12.8 Å². The second kappa shape index (κ2) is 2.73. The third kappa shape index (κ3) is 1.29. The van der Waals surface area contributed by atoms with Crippen LogP contribution >= 0.6 is 0 Å². The van der Waals surface area contributed by atoms with Crippen LogP contribution in [0.1, 0.15) is 23.2 Å². The summed E-state index contributed by atoms with van der Waals surface area (Å²) in [4.78, 5) is 11.9. The molecule has 0 amide bonds. The minimum absolute atomic E-state index is 0.000741. The van der Waals surface area contributed by atoms with Gasteiger partial charge in [-0.2, -0.15) is 0 Å². The second-order valence-electron chi connectivity index (χ2n) is 4.05. The number of ketones is 1. The van der Waals surface area contributed by atoms with Crippen LogP contribution in [0.4, 0.5) is 0 Å². The van der Waals surface area contributed by atoms with Gasteiger partial charge in [0.05, 0.1) is 5.54 Å². The second-order valence-corrected chi connectivity index (χ2v) is 4.05. The van der Waals surface area contributed by atoms with Gasteiger partial charge in [0, 0.05) is 5.56 Å². The van der Waals surface area contributed by atoms with Crippen molar-refractivity contribution in [3.05, 3.63) is 23.8 Å². The van der Waals surface area contributed by atoms with Gasteiger partial charge in [-0.25, -0.2) is 0 Å². The molecule has 0 aromatic heterocycles. The summed E-state index contributed by atoms with van der Waals surface area (Å²) in [6.07, 6.45) is 1.56. The molecule has 0 saturated heterocycles. The van der Waals surface area contributed by atoms with Crippen molar-refractivity contribution in [1.29, 1.82) is 0 Å². The predicted molar refractivity (Wildman–Crippen MR) is 53.0 cm³/mol. The Bertz CT molecular complexity index is 437. The minimum Gasteiger partial charge on any atom is -0.454 e. The molecule has 78 valence electrons. The predicted octanol–water partition coefficient (Wildman–Crippen LogP) is 1.09. The van der Waals surface area contributed by atoms with E-state index in [2.05, 4.69) is 0 Å². The molecule has 1 heterocycles. The Balaban J connectivity index is 1.96. The molecule has 1 aromatic rings. The van der Waals surface area contributed by atoms with Crippen molar-refractivity contribution in [2.24, 2.45) is 5.73 Å². The fourth-order valence-corrected chi connectivity index (χ4v) is 1.69. The van der Waals surface area contributed by atoms with E-state index >= 15 is 0 Å². The molecule has 4 nitrogen and oxygen atoms in total. The maximum absolute atomic E-state index is 11.9. The van der Waals surface area contributed by atoms with Crippen LogP contribution in [0.3, 0.4) is 0 Å². The molecule has 2 aliphatic rings. The molecule has 2 N–H and O–H groups in total. The molecular weight excluding hydrogens is 194 g/mol.